The summed E-state index contributed by atoms with van der Waals surface area (Å²) in [6.45, 7) is 6.97. The van der Waals surface area contributed by atoms with E-state index >= 15 is 0 Å². The molecule has 0 aliphatic carbocycles. The van der Waals surface area contributed by atoms with Gasteiger partial charge < -0.3 is 15.4 Å². The molecule has 2 atom stereocenters. The molecule has 1 aromatic rings. The van der Waals surface area contributed by atoms with Gasteiger partial charge in [-0.05, 0) is 44.0 Å². The first-order valence-corrected chi connectivity index (χ1v) is 7.06. The SMILES string of the molecule is C=CCNC(=O)c1ccc(NC2CCOC(C)C2)cc1. The average Bonchev–Trinajstić information content (AvgIpc) is 2.45. The van der Waals surface area contributed by atoms with Crippen molar-refractivity contribution in [1.82, 2.24) is 5.32 Å². The number of rotatable bonds is 5. The minimum absolute atomic E-state index is 0.0730. The van der Waals surface area contributed by atoms with Crippen molar-refractivity contribution in [3.05, 3.63) is 42.5 Å². The third-order valence-electron chi connectivity index (χ3n) is 3.41. The number of hydrogen-bond donors (Lipinski definition) is 2. The van der Waals surface area contributed by atoms with Crippen LogP contribution in [0.25, 0.3) is 0 Å². The Hall–Kier alpha value is -1.81. The highest BCUT2D eigenvalue weighted by molar-refractivity contribution is 5.94. The first-order chi connectivity index (χ1) is 9.69. The van der Waals surface area contributed by atoms with Crippen LogP contribution >= 0.6 is 0 Å². The van der Waals surface area contributed by atoms with E-state index in [-0.39, 0.29) is 5.91 Å². The lowest BCUT2D eigenvalue weighted by Crippen LogP contribution is -2.32. The van der Waals surface area contributed by atoms with Crippen LogP contribution in [0, 0.1) is 0 Å². The molecule has 0 bridgehead atoms. The lowest BCUT2D eigenvalue weighted by Gasteiger charge is -2.28. The molecule has 1 saturated heterocycles. The van der Waals surface area contributed by atoms with Gasteiger partial charge in [0.2, 0.25) is 0 Å². The van der Waals surface area contributed by atoms with Crippen molar-refractivity contribution in [3.63, 3.8) is 0 Å². The Morgan fingerprint density at radius 3 is 2.85 bits per heavy atom. The third kappa shape index (κ3) is 4.10. The van der Waals surface area contributed by atoms with E-state index in [4.69, 9.17) is 4.74 Å². The van der Waals surface area contributed by atoms with Gasteiger partial charge in [-0.25, -0.2) is 0 Å². The summed E-state index contributed by atoms with van der Waals surface area (Å²) in [7, 11) is 0. The molecule has 2 unspecified atom stereocenters. The number of hydrogen-bond acceptors (Lipinski definition) is 3. The minimum atomic E-state index is -0.0730. The number of carbonyl (C=O) groups is 1. The number of nitrogens with one attached hydrogen (secondary N) is 2. The normalized spacial score (nSPS) is 22.1. The molecule has 0 radical (unpaired) electrons. The van der Waals surface area contributed by atoms with Gasteiger partial charge in [-0.2, -0.15) is 0 Å². The van der Waals surface area contributed by atoms with E-state index in [1.54, 1.807) is 6.08 Å². The molecule has 1 fully saturated rings. The summed E-state index contributed by atoms with van der Waals surface area (Å²) in [5.41, 5.74) is 1.71. The molecule has 4 heteroatoms. The largest absolute Gasteiger partial charge is 0.382 e. The highest BCUT2D eigenvalue weighted by Gasteiger charge is 2.18. The van der Waals surface area contributed by atoms with Crippen molar-refractivity contribution in [2.45, 2.75) is 31.9 Å². The molecule has 1 aliphatic rings. The Kier molecular flexibility index (Phi) is 5.18. The van der Waals surface area contributed by atoms with Crippen LogP contribution in [0.2, 0.25) is 0 Å². The third-order valence-corrected chi connectivity index (χ3v) is 3.41. The summed E-state index contributed by atoms with van der Waals surface area (Å²) < 4.78 is 5.53. The first kappa shape index (κ1) is 14.6. The summed E-state index contributed by atoms with van der Waals surface area (Å²) in [6.07, 6.45) is 4.01. The van der Waals surface area contributed by atoms with Gasteiger partial charge in [0.25, 0.3) is 5.91 Å². The van der Waals surface area contributed by atoms with Crippen LogP contribution in [0.4, 0.5) is 5.69 Å². The predicted molar refractivity (Wildman–Crippen MR) is 81.0 cm³/mol. The standard InChI is InChI=1S/C16H22N2O2/c1-3-9-17-16(19)13-4-6-14(7-5-13)18-15-8-10-20-12(2)11-15/h3-7,12,15,18H,1,8-11H2,2H3,(H,17,19). The number of ether oxygens (including phenoxy) is 1. The maximum Gasteiger partial charge on any atom is 0.251 e. The van der Waals surface area contributed by atoms with Gasteiger partial charge in [-0.1, -0.05) is 6.08 Å². The number of amides is 1. The molecule has 2 rings (SSSR count). The monoisotopic (exact) mass is 274 g/mol. The lowest BCUT2D eigenvalue weighted by atomic mass is 10.0. The maximum atomic E-state index is 11.8. The fourth-order valence-electron chi connectivity index (χ4n) is 2.35. The molecule has 4 nitrogen and oxygen atoms in total. The van der Waals surface area contributed by atoms with Crippen molar-refractivity contribution in [1.29, 1.82) is 0 Å². The van der Waals surface area contributed by atoms with Gasteiger partial charge >= 0.3 is 0 Å². The highest BCUT2D eigenvalue weighted by Crippen LogP contribution is 2.19. The van der Waals surface area contributed by atoms with Crippen molar-refractivity contribution in [2.75, 3.05) is 18.5 Å². The van der Waals surface area contributed by atoms with Crippen molar-refractivity contribution in [3.8, 4) is 0 Å². The predicted octanol–water partition coefficient (Wildman–Crippen LogP) is 2.58. The Balaban J connectivity index is 1.90. The van der Waals surface area contributed by atoms with E-state index in [1.165, 1.54) is 0 Å². The van der Waals surface area contributed by atoms with Crippen LogP contribution in [0.15, 0.2) is 36.9 Å². The van der Waals surface area contributed by atoms with Gasteiger partial charge in [0, 0.05) is 30.4 Å². The molecule has 1 aliphatic heterocycles. The van der Waals surface area contributed by atoms with Crippen molar-refractivity contribution in [2.24, 2.45) is 0 Å². The van der Waals surface area contributed by atoms with Gasteiger partial charge in [0.05, 0.1) is 6.10 Å². The van der Waals surface area contributed by atoms with Crippen LogP contribution < -0.4 is 10.6 Å². The van der Waals surface area contributed by atoms with Crippen LogP contribution in [-0.2, 0) is 4.74 Å². The van der Waals surface area contributed by atoms with Gasteiger partial charge in [-0.15, -0.1) is 6.58 Å². The zero-order valence-corrected chi connectivity index (χ0v) is 11.9. The van der Waals surface area contributed by atoms with E-state index in [9.17, 15) is 4.79 Å². The van der Waals surface area contributed by atoms with E-state index in [1.807, 2.05) is 24.3 Å². The van der Waals surface area contributed by atoms with Crippen LogP contribution in [-0.4, -0.2) is 31.2 Å². The Bertz CT molecular complexity index is 456. The molecule has 0 saturated carbocycles. The molecule has 0 aromatic heterocycles. The zero-order chi connectivity index (χ0) is 14.4. The lowest BCUT2D eigenvalue weighted by molar-refractivity contribution is 0.0232. The molecular formula is C16H22N2O2. The fourth-order valence-corrected chi connectivity index (χ4v) is 2.35. The maximum absolute atomic E-state index is 11.8. The second kappa shape index (κ2) is 7.10. The molecule has 108 valence electrons. The topological polar surface area (TPSA) is 50.4 Å². The Labute approximate surface area is 120 Å². The Morgan fingerprint density at radius 2 is 2.20 bits per heavy atom. The van der Waals surface area contributed by atoms with Crippen LogP contribution in [0.5, 0.6) is 0 Å². The quantitative estimate of drug-likeness (QED) is 0.811. The van der Waals surface area contributed by atoms with Gasteiger partial charge in [0.15, 0.2) is 0 Å². The molecule has 20 heavy (non-hydrogen) atoms. The molecule has 2 N–H and O–H groups in total. The fraction of sp³-hybridized carbons (Fsp3) is 0.438. The molecule has 1 aromatic carbocycles. The average molecular weight is 274 g/mol. The van der Waals surface area contributed by atoms with E-state index in [0.717, 1.165) is 25.1 Å². The highest BCUT2D eigenvalue weighted by atomic mass is 16.5. The summed E-state index contributed by atoms with van der Waals surface area (Å²) in [4.78, 5) is 11.8. The molecule has 1 amide bonds. The van der Waals surface area contributed by atoms with Crippen molar-refractivity contribution >= 4 is 11.6 Å². The molecule has 0 spiro atoms. The Morgan fingerprint density at radius 1 is 1.45 bits per heavy atom. The molecule has 1 heterocycles. The summed E-state index contributed by atoms with van der Waals surface area (Å²) in [6, 6.07) is 8.01. The van der Waals surface area contributed by atoms with Gasteiger partial charge in [-0.3, -0.25) is 4.79 Å². The van der Waals surface area contributed by atoms with Gasteiger partial charge in [0.1, 0.15) is 0 Å². The summed E-state index contributed by atoms with van der Waals surface area (Å²) in [5.74, 6) is -0.0730. The summed E-state index contributed by atoms with van der Waals surface area (Å²) in [5, 5.41) is 6.25. The molecular weight excluding hydrogens is 252 g/mol. The van der Waals surface area contributed by atoms with Crippen molar-refractivity contribution < 1.29 is 9.53 Å². The minimum Gasteiger partial charge on any atom is -0.382 e. The van der Waals surface area contributed by atoms with E-state index in [0.29, 0.717) is 24.3 Å². The second-order valence-corrected chi connectivity index (χ2v) is 5.12. The zero-order valence-electron chi connectivity index (χ0n) is 11.9. The van der Waals surface area contributed by atoms with E-state index < -0.39 is 0 Å². The first-order valence-electron chi connectivity index (χ1n) is 7.06. The number of anilines is 1. The summed E-state index contributed by atoms with van der Waals surface area (Å²) >= 11 is 0. The second-order valence-electron chi connectivity index (χ2n) is 5.12. The van der Waals surface area contributed by atoms with Crippen LogP contribution in [0.1, 0.15) is 30.1 Å². The number of carbonyl (C=O) groups excluding carboxylic acids is 1. The number of benzene rings is 1. The smallest absolute Gasteiger partial charge is 0.251 e. The van der Waals surface area contributed by atoms with Crippen LogP contribution in [0.3, 0.4) is 0 Å². The van der Waals surface area contributed by atoms with E-state index in [2.05, 4.69) is 24.1 Å².